The van der Waals surface area contributed by atoms with Crippen LogP contribution in [0.1, 0.15) is 18.8 Å². The van der Waals surface area contributed by atoms with Crippen LogP contribution in [0, 0.1) is 0 Å². The highest BCUT2D eigenvalue weighted by Crippen LogP contribution is 2.36. The predicted molar refractivity (Wildman–Crippen MR) is 96.9 cm³/mol. The maximum absolute atomic E-state index is 11.3. The largest absolute Gasteiger partial charge is 0.435 e. The Bertz CT molecular complexity index is 931. The third-order valence-electron chi connectivity index (χ3n) is 4.85. The van der Waals surface area contributed by atoms with Gasteiger partial charge in [0, 0.05) is 17.4 Å². The summed E-state index contributed by atoms with van der Waals surface area (Å²) in [6.45, 7) is 1.33. The summed E-state index contributed by atoms with van der Waals surface area (Å²) in [6.07, 6.45) is -4.59. The van der Waals surface area contributed by atoms with Gasteiger partial charge in [-0.1, -0.05) is 41.5 Å². The van der Waals surface area contributed by atoms with Crippen molar-refractivity contribution in [2.24, 2.45) is 5.11 Å². The summed E-state index contributed by atoms with van der Waals surface area (Å²) in [4.78, 5) is 14.0. The molecule has 2 aliphatic rings. The second-order valence-corrected chi connectivity index (χ2v) is 6.71. The Balaban J connectivity index is 1.56. The molecule has 0 bridgehead atoms. The number of aliphatic hydroxyl groups excluding tert-OH is 1. The molecule has 0 radical (unpaired) electrons. The van der Waals surface area contributed by atoms with E-state index in [4.69, 9.17) is 24.5 Å². The van der Waals surface area contributed by atoms with Gasteiger partial charge in [0.1, 0.15) is 18.2 Å². The van der Waals surface area contributed by atoms with Gasteiger partial charge in [0.05, 0.1) is 12.7 Å². The highest BCUT2D eigenvalue weighted by molar-refractivity contribution is 5.83. The summed E-state index contributed by atoms with van der Waals surface area (Å²) in [5.74, 6) is -0.611. The molecule has 2 saturated heterocycles. The van der Waals surface area contributed by atoms with Crippen molar-refractivity contribution in [1.82, 2.24) is 0 Å². The van der Waals surface area contributed by atoms with E-state index >= 15 is 0 Å². The number of carbonyl (C=O) groups excluding carboxylic acids is 1. The standard InChI is InChI=1S/C19H19N3O6/c1-10(23)26-19-15(21-22-20)16(24)17-14(27-19)9-25-18(28-17)13-7-6-11-4-2-3-5-12(11)8-13/h2-8,14-19,24H,9H2,1H3/t14-,15-,16-,17-,18-,19-/m1/s1. The van der Waals surface area contributed by atoms with Crippen molar-refractivity contribution in [2.45, 2.75) is 43.9 Å². The highest BCUT2D eigenvalue weighted by atomic mass is 16.8. The summed E-state index contributed by atoms with van der Waals surface area (Å²) in [6, 6.07) is 12.6. The zero-order valence-electron chi connectivity index (χ0n) is 15.0. The number of fused-ring (bicyclic) bond motifs is 2. The lowest BCUT2D eigenvalue weighted by Crippen LogP contribution is -2.61. The maximum Gasteiger partial charge on any atom is 0.304 e. The van der Waals surface area contributed by atoms with Crippen molar-refractivity contribution in [3.8, 4) is 0 Å². The van der Waals surface area contributed by atoms with Crippen LogP contribution >= 0.6 is 0 Å². The van der Waals surface area contributed by atoms with Crippen LogP contribution in [0.3, 0.4) is 0 Å². The first-order valence-electron chi connectivity index (χ1n) is 8.87. The lowest BCUT2D eigenvalue weighted by atomic mass is 9.96. The van der Waals surface area contributed by atoms with Crippen molar-refractivity contribution >= 4 is 16.7 Å². The molecule has 2 heterocycles. The van der Waals surface area contributed by atoms with E-state index in [0.29, 0.717) is 0 Å². The number of hydrogen-bond donors (Lipinski definition) is 1. The molecule has 2 aromatic rings. The van der Waals surface area contributed by atoms with Gasteiger partial charge in [-0.25, -0.2) is 0 Å². The lowest BCUT2D eigenvalue weighted by molar-refractivity contribution is -0.336. The van der Waals surface area contributed by atoms with E-state index in [2.05, 4.69) is 10.0 Å². The second kappa shape index (κ2) is 7.75. The van der Waals surface area contributed by atoms with Crippen molar-refractivity contribution in [3.05, 3.63) is 58.5 Å². The van der Waals surface area contributed by atoms with Gasteiger partial charge in [-0.05, 0) is 22.4 Å². The van der Waals surface area contributed by atoms with Gasteiger partial charge >= 0.3 is 5.97 Å². The molecule has 0 unspecified atom stereocenters. The van der Waals surface area contributed by atoms with Crippen LogP contribution in [0.15, 0.2) is 47.6 Å². The first-order valence-corrected chi connectivity index (χ1v) is 8.87. The van der Waals surface area contributed by atoms with Gasteiger partial charge in [-0.3, -0.25) is 4.79 Å². The number of nitrogens with zero attached hydrogens (tertiary/aromatic N) is 3. The van der Waals surface area contributed by atoms with E-state index in [1.54, 1.807) is 0 Å². The molecule has 4 rings (SSSR count). The monoisotopic (exact) mass is 385 g/mol. The minimum atomic E-state index is -1.22. The second-order valence-electron chi connectivity index (χ2n) is 6.71. The molecule has 0 aliphatic carbocycles. The van der Waals surface area contributed by atoms with Crippen molar-refractivity contribution in [3.63, 3.8) is 0 Å². The minimum Gasteiger partial charge on any atom is -0.435 e. The lowest BCUT2D eigenvalue weighted by Gasteiger charge is -2.46. The zero-order valence-corrected chi connectivity index (χ0v) is 15.0. The van der Waals surface area contributed by atoms with E-state index < -0.39 is 42.9 Å². The van der Waals surface area contributed by atoms with Gasteiger partial charge in [0.15, 0.2) is 6.29 Å². The molecule has 2 aliphatic heterocycles. The Hall–Kier alpha value is -2.68. The molecule has 0 spiro atoms. The Morgan fingerprint density at radius 3 is 2.79 bits per heavy atom. The van der Waals surface area contributed by atoms with Crippen LogP contribution in [0.25, 0.3) is 21.2 Å². The summed E-state index contributed by atoms with van der Waals surface area (Å²) < 4.78 is 22.4. The first-order chi connectivity index (χ1) is 13.6. The van der Waals surface area contributed by atoms with Crippen LogP contribution in [0.4, 0.5) is 0 Å². The van der Waals surface area contributed by atoms with E-state index in [-0.39, 0.29) is 6.61 Å². The van der Waals surface area contributed by atoms with Crippen LogP contribution in [-0.2, 0) is 23.7 Å². The van der Waals surface area contributed by atoms with E-state index in [1.165, 1.54) is 6.92 Å². The van der Waals surface area contributed by atoms with Crippen LogP contribution in [0.5, 0.6) is 0 Å². The fourth-order valence-corrected chi connectivity index (χ4v) is 3.54. The Kier molecular flexibility index (Phi) is 5.17. The third kappa shape index (κ3) is 3.54. The molecule has 9 heteroatoms. The molecule has 1 N–H and O–H groups in total. The number of ether oxygens (including phenoxy) is 4. The van der Waals surface area contributed by atoms with Gasteiger partial charge in [-0.2, -0.15) is 0 Å². The molecule has 9 nitrogen and oxygen atoms in total. The average Bonchev–Trinajstić information content (AvgIpc) is 2.70. The zero-order chi connectivity index (χ0) is 19.7. The molecule has 0 saturated carbocycles. The summed E-state index contributed by atoms with van der Waals surface area (Å²) >= 11 is 0. The summed E-state index contributed by atoms with van der Waals surface area (Å²) in [5.41, 5.74) is 9.60. The quantitative estimate of drug-likeness (QED) is 0.375. The molecular formula is C19H19N3O6. The molecule has 2 aromatic carbocycles. The van der Waals surface area contributed by atoms with Crippen molar-refractivity contribution in [2.75, 3.05) is 6.61 Å². The molecule has 2 fully saturated rings. The molecule has 28 heavy (non-hydrogen) atoms. The summed E-state index contributed by atoms with van der Waals surface area (Å²) in [5, 5.41) is 16.4. The van der Waals surface area contributed by atoms with Gasteiger partial charge < -0.3 is 24.1 Å². The highest BCUT2D eigenvalue weighted by Gasteiger charge is 2.50. The molecule has 6 atom stereocenters. The van der Waals surface area contributed by atoms with E-state index in [1.807, 2.05) is 42.5 Å². The Morgan fingerprint density at radius 2 is 2.04 bits per heavy atom. The summed E-state index contributed by atoms with van der Waals surface area (Å²) in [7, 11) is 0. The van der Waals surface area contributed by atoms with E-state index in [0.717, 1.165) is 16.3 Å². The van der Waals surface area contributed by atoms with Crippen LogP contribution in [0.2, 0.25) is 0 Å². The third-order valence-corrected chi connectivity index (χ3v) is 4.85. The molecular weight excluding hydrogens is 366 g/mol. The first kappa shape index (κ1) is 18.7. The Morgan fingerprint density at radius 1 is 1.25 bits per heavy atom. The number of hydrogen-bond acceptors (Lipinski definition) is 7. The minimum absolute atomic E-state index is 0.125. The average molecular weight is 385 g/mol. The van der Waals surface area contributed by atoms with Gasteiger partial charge in [0.2, 0.25) is 6.29 Å². The Labute approximate surface area is 160 Å². The SMILES string of the molecule is CC(=O)O[C@@H]1O[C@@H]2CO[C@@H](c3ccc4ccccc4c3)O[C@H]2[C@H](O)[C@H]1N=[N+]=[N-]. The van der Waals surface area contributed by atoms with E-state index in [9.17, 15) is 9.90 Å². The fourth-order valence-electron chi connectivity index (χ4n) is 3.54. The molecule has 0 amide bonds. The number of benzene rings is 2. The fraction of sp³-hybridized carbons (Fsp3) is 0.421. The van der Waals surface area contributed by atoms with Crippen LogP contribution < -0.4 is 0 Å². The maximum atomic E-state index is 11.3. The number of carbonyl (C=O) groups is 1. The van der Waals surface area contributed by atoms with Crippen molar-refractivity contribution in [1.29, 1.82) is 0 Å². The van der Waals surface area contributed by atoms with Gasteiger partial charge in [-0.15, -0.1) is 0 Å². The smallest absolute Gasteiger partial charge is 0.304 e. The number of esters is 1. The molecule has 146 valence electrons. The van der Waals surface area contributed by atoms with Crippen molar-refractivity contribution < 1.29 is 28.8 Å². The van der Waals surface area contributed by atoms with Gasteiger partial charge in [0.25, 0.3) is 0 Å². The normalized spacial score (nSPS) is 32.2. The van der Waals surface area contributed by atoms with Crippen LogP contribution in [-0.4, -0.2) is 48.3 Å². The number of aliphatic hydroxyl groups is 1. The number of rotatable bonds is 3. The number of azide groups is 1. The predicted octanol–water partition coefficient (Wildman–Crippen LogP) is 2.58. The molecule has 0 aromatic heterocycles. The topological polar surface area (TPSA) is 123 Å².